The molecule has 0 N–H and O–H groups in total. The smallest absolute Gasteiger partial charge is 0.311 e. The molecule has 0 radical (unpaired) electrons. The molecule has 2 aromatic rings. The molecular formula is C34H42N2O3. The van der Waals surface area contributed by atoms with Crippen LogP contribution in [0.3, 0.4) is 0 Å². The SMILES string of the molecule is C#CCN1CCC2=C(C1)c1c(OC(=O)CCCN3CCCCC3)cc(-c3ccc(CC)cc3)cc1OC2(C)C. The number of carbonyl (C=O) groups excluding carboxylic acids is 1. The normalized spacial score (nSPS) is 19.0. The molecule has 0 saturated carbocycles. The summed E-state index contributed by atoms with van der Waals surface area (Å²) in [4.78, 5) is 17.9. The Balaban J connectivity index is 1.47. The van der Waals surface area contributed by atoms with Crippen LogP contribution in [0.4, 0.5) is 0 Å². The lowest BCUT2D eigenvalue weighted by molar-refractivity contribution is -0.134. The van der Waals surface area contributed by atoms with Gasteiger partial charge in [-0.1, -0.05) is 43.5 Å². The third kappa shape index (κ3) is 6.24. The molecule has 1 saturated heterocycles. The highest BCUT2D eigenvalue weighted by Gasteiger charge is 2.39. The monoisotopic (exact) mass is 526 g/mol. The first kappa shape index (κ1) is 27.5. The first-order valence-corrected chi connectivity index (χ1v) is 14.7. The zero-order valence-corrected chi connectivity index (χ0v) is 23.9. The number of piperidine rings is 1. The Morgan fingerprint density at radius 1 is 1.05 bits per heavy atom. The van der Waals surface area contributed by atoms with E-state index in [0.717, 1.165) is 74.4 Å². The first-order valence-electron chi connectivity index (χ1n) is 14.7. The van der Waals surface area contributed by atoms with Crippen LogP contribution in [0.2, 0.25) is 0 Å². The van der Waals surface area contributed by atoms with Crippen molar-refractivity contribution in [3.05, 3.63) is 53.1 Å². The second kappa shape index (κ2) is 12.0. The van der Waals surface area contributed by atoms with Crippen molar-refractivity contribution in [2.45, 2.75) is 71.3 Å². The summed E-state index contributed by atoms with van der Waals surface area (Å²) in [5, 5.41) is 0. The summed E-state index contributed by atoms with van der Waals surface area (Å²) in [6.45, 7) is 11.9. The number of hydrogen-bond acceptors (Lipinski definition) is 5. The topological polar surface area (TPSA) is 42.0 Å². The predicted molar refractivity (Wildman–Crippen MR) is 158 cm³/mol. The van der Waals surface area contributed by atoms with Crippen molar-refractivity contribution in [3.8, 4) is 35.0 Å². The van der Waals surface area contributed by atoms with Crippen LogP contribution in [0.15, 0.2) is 42.0 Å². The Hall–Kier alpha value is -3.07. The quantitative estimate of drug-likeness (QED) is 0.228. The summed E-state index contributed by atoms with van der Waals surface area (Å²) in [5.74, 6) is 3.98. The highest BCUT2D eigenvalue weighted by atomic mass is 16.5. The Labute approximate surface area is 234 Å². The van der Waals surface area contributed by atoms with Gasteiger partial charge in [-0.3, -0.25) is 9.69 Å². The molecule has 0 unspecified atom stereocenters. The first-order chi connectivity index (χ1) is 18.9. The van der Waals surface area contributed by atoms with Crippen molar-refractivity contribution >= 4 is 11.5 Å². The molecule has 0 amide bonds. The number of rotatable bonds is 8. The Kier molecular flexibility index (Phi) is 8.45. The number of ether oxygens (including phenoxy) is 2. The average Bonchev–Trinajstić information content (AvgIpc) is 2.93. The summed E-state index contributed by atoms with van der Waals surface area (Å²) in [6.07, 6.45) is 12.6. The van der Waals surface area contributed by atoms with Crippen LogP contribution < -0.4 is 9.47 Å². The average molecular weight is 527 g/mol. The molecule has 3 aliphatic heterocycles. The van der Waals surface area contributed by atoms with Gasteiger partial charge in [0.25, 0.3) is 0 Å². The van der Waals surface area contributed by atoms with Crippen LogP contribution in [0.1, 0.15) is 70.4 Å². The molecule has 1 fully saturated rings. The van der Waals surface area contributed by atoms with Crippen LogP contribution in [0.5, 0.6) is 11.5 Å². The number of esters is 1. The van der Waals surface area contributed by atoms with Gasteiger partial charge in [-0.25, -0.2) is 0 Å². The molecule has 5 nitrogen and oxygen atoms in total. The second-order valence-corrected chi connectivity index (χ2v) is 11.6. The van der Waals surface area contributed by atoms with E-state index in [1.807, 2.05) is 6.07 Å². The molecule has 0 aliphatic carbocycles. The lowest BCUT2D eigenvalue weighted by Gasteiger charge is -2.42. The lowest BCUT2D eigenvalue weighted by atomic mass is 9.81. The number of terminal acetylenes is 1. The molecule has 0 bridgehead atoms. The molecule has 206 valence electrons. The van der Waals surface area contributed by atoms with Crippen LogP contribution >= 0.6 is 0 Å². The highest BCUT2D eigenvalue weighted by Crippen LogP contribution is 2.49. The maximum absolute atomic E-state index is 13.2. The van der Waals surface area contributed by atoms with E-state index in [9.17, 15) is 4.79 Å². The van der Waals surface area contributed by atoms with Gasteiger partial charge >= 0.3 is 5.97 Å². The minimum atomic E-state index is -0.440. The van der Waals surface area contributed by atoms with Crippen LogP contribution in [0, 0.1) is 12.3 Å². The zero-order valence-electron chi connectivity index (χ0n) is 23.9. The van der Waals surface area contributed by atoms with Crippen molar-refractivity contribution in [3.63, 3.8) is 0 Å². The van der Waals surface area contributed by atoms with Crippen molar-refractivity contribution in [1.29, 1.82) is 0 Å². The van der Waals surface area contributed by atoms with E-state index in [-0.39, 0.29) is 5.97 Å². The summed E-state index contributed by atoms with van der Waals surface area (Å²) in [6, 6.07) is 12.7. The molecular weight excluding hydrogens is 484 g/mol. The third-order valence-electron chi connectivity index (χ3n) is 8.42. The second-order valence-electron chi connectivity index (χ2n) is 11.6. The molecule has 39 heavy (non-hydrogen) atoms. The highest BCUT2D eigenvalue weighted by molar-refractivity contribution is 5.87. The number of aryl methyl sites for hydroxylation is 1. The minimum Gasteiger partial charge on any atom is -0.483 e. The lowest BCUT2D eigenvalue weighted by Crippen LogP contribution is -2.42. The number of fused-ring (bicyclic) bond motifs is 2. The van der Waals surface area contributed by atoms with E-state index in [4.69, 9.17) is 15.9 Å². The number of carbonyl (C=O) groups is 1. The number of nitrogens with zero attached hydrogens (tertiary/aromatic N) is 2. The Morgan fingerprint density at radius 2 is 1.82 bits per heavy atom. The molecule has 2 aromatic carbocycles. The van der Waals surface area contributed by atoms with E-state index in [1.54, 1.807) is 0 Å². The van der Waals surface area contributed by atoms with E-state index < -0.39 is 5.60 Å². The van der Waals surface area contributed by atoms with Gasteiger partial charge in [-0.2, -0.15) is 0 Å². The summed E-state index contributed by atoms with van der Waals surface area (Å²) in [7, 11) is 0. The maximum atomic E-state index is 13.2. The number of likely N-dealkylation sites (tertiary alicyclic amines) is 1. The molecule has 0 aromatic heterocycles. The Bertz CT molecular complexity index is 1260. The molecule has 0 spiro atoms. The van der Waals surface area contributed by atoms with E-state index in [0.29, 0.717) is 18.7 Å². The molecule has 0 atom stereocenters. The van der Waals surface area contributed by atoms with Crippen molar-refractivity contribution in [2.24, 2.45) is 0 Å². The van der Waals surface area contributed by atoms with Gasteiger partial charge in [-0.15, -0.1) is 6.42 Å². The number of benzene rings is 2. The minimum absolute atomic E-state index is 0.184. The van der Waals surface area contributed by atoms with E-state index in [2.05, 4.69) is 66.8 Å². The molecule has 5 heteroatoms. The van der Waals surface area contributed by atoms with Gasteiger partial charge < -0.3 is 14.4 Å². The van der Waals surface area contributed by atoms with Gasteiger partial charge in [0.15, 0.2) is 0 Å². The van der Waals surface area contributed by atoms with Crippen molar-refractivity contribution < 1.29 is 14.3 Å². The van der Waals surface area contributed by atoms with Gasteiger partial charge in [0.1, 0.15) is 17.1 Å². The largest absolute Gasteiger partial charge is 0.483 e. The fraction of sp³-hybridized carbons (Fsp3) is 0.500. The van der Waals surface area contributed by atoms with E-state index in [1.165, 1.54) is 36.0 Å². The molecule has 5 rings (SSSR count). The van der Waals surface area contributed by atoms with Crippen LogP contribution in [-0.2, 0) is 11.2 Å². The predicted octanol–water partition coefficient (Wildman–Crippen LogP) is 6.35. The summed E-state index contributed by atoms with van der Waals surface area (Å²) < 4.78 is 12.9. The van der Waals surface area contributed by atoms with Gasteiger partial charge in [-0.05, 0) is 106 Å². The fourth-order valence-electron chi connectivity index (χ4n) is 6.27. The molecule has 3 heterocycles. The van der Waals surface area contributed by atoms with Crippen molar-refractivity contribution in [2.75, 3.05) is 39.3 Å². The standard InChI is InChI=1S/C34H42N2O3/c1-5-17-36-21-16-29-28(24-36)33-30(38-32(37)11-10-20-35-18-8-7-9-19-35)22-27(23-31(33)39-34(29,3)4)26-14-12-25(6-2)13-15-26/h1,12-15,22-23H,6-11,16-21,24H2,2-4H3. The van der Waals surface area contributed by atoms with E-state index >= 15 is 0 Å². The maximum Gasteiger partial charge on any atom is 0.311 e. The number of hydrogen-bond donors (Lipinski definition) is 0. The third-order valence-corrected chi connectivity index (χ3v) is 8.42. The summed E-state index contributed by atoms with van der Waals surface area (Å²) >= 11 is 0. The Morgan fingerprint density at radius 3 is 2.54 bits per heavy atom. The van der Waals surface area contributed by atoms with Gasteiger partial charge in [0.05, 0.1) is 12.1 Å². The van der Waals surface area contributed by atoms with Gasteiger partial charge in [0.2, 0.25) is 0 Å². The fourth-order valence-corrected chi connectivity index (χ4v) is 6.27. The van der Waals surface area contributed by atoms with Gasteiger partial charge in [0, 0.05) is 19.5 Å². The molecule has 3 aliphatic rings. The van der Waals surface area contributed by atoms with Crippen LogP contribution in [0.25, 0.3) is 16.7 Å². The zero-order chi connectivity index (χ0) is 27.4. The van der Waals surface area contributed by atoms with Crippen molar-refractivity contribution in [1.82, 2.24) is 9.80 Å². The van der Waals surface area contributed by atoms with Crippen LogP contribution in [-0.4, -0.2) is 60.6 Å². The summed E-state index contributed by atoms with van der Waals surface area (Å²) in [5.41, 5.74) is 6.28.